The van der Waals surface area contributed by atoms with Crippen LogP contribution in [0.4, 0.5) is 22.0 Å². The van der Waals surface area contributed by atoms with E-state index in [1.807, 2.05) is 0 Å². The first-order valence-electron chi connectivity index (χ1n) is 10.4. The maximum Gasteiger partial charge on any atom is 0.416 e. The van der Waals surface area contributed by atoms with Crippen molar-refractivity contribution in [2.24, 2.45) is 0 Å². The van der Waals surface area contributed by atoms with Gasteiger partial charge < -0.3 is 5.11 Å². The lowest BCUT2D eigenvalue weighted by molar-refractivity contribution is -0.207. The van der Waals surface area contributed by atoms with Gasteiger partial charge in [-0.25, -0.2) is 19.1 Å². The highest BCUT2D eigenvalue weighted by atomic mass is 35.5. The molecular formula is C21H16Cl2F5N7O2. The molecule has 16 heteroatoms. The van der Waals surface area contributed by atoms with E-state index in [9.17, 15) is 31.9 Å². The smallest absolute Gasteiger partial charge is 0.382 e. The van der Waals surface area contributed by atoms with Crippen LogP contribution in [0.15, 0.2) is 47.5 Å². The maximum atomic E-state index is 14.3. The van der Waals surface area contributed by atoms with Crippen molar-refractivity contribution in [2.75, 3.05) is 0 Å². The molecule has 0 aliphatic carbocycles. The van der Waals surface area contributed by atoms with E-state index in [1.165, 1.54) is 42.7 Å². The summed E-state index contributed by atoms with van der Waals surface area (Å²) in [5.41, 5.74) is -0.850. The summed E-state index contributed by atoms with van der Waals surface area (Å²) >= 11 is 12.0. The van der Waals surface area contributed by atoms with E-state index >= 15 is 0 Å². The van der Waals surface area contributed by atoms with Crippen LogP contribution in [0.2, 0.25) is 10.0 Å². The van der Waals surface area contributed by atoms with Gasteiger partial charge in [-0.2, -0.15) is 22.0 Å². The fraction of sp³-hybridized carbons (Fsp3) is 0.286. The van der Waals surface area contributed by atoms with Crippen molar-refractivity contribution >= 4 is 23.2 Å². The molecular weight excluding hydrogens is 548 g/mol. The van der Waals surface area contributed by atoms with Gasteiger partial charge in [0.25, 0.3) is 0 Å². The molecule has 0 amide bonds. The second-order valence-electron chi connectivity index (χ2n) is 7.92. The van der Waals surface area contributed by atoms with Crippen LogP contribution < -0.4 is 5.69 Å². The van der Waals surface area contributed by atoms with Crippen molar-refractivity contribution < 1.29 is 27.1 Å². The van der Waals surface area contributed by atoms with Crippen LogP contribution in [0.1, 0.15) is 18.6 Å². The van der Waals surface area contributed by atoms with Gasteiger partial charge >= 0.3 is 17.8 Å². The standard InChI is InChI=1S/C21H16Cl2F5N7O2/c1-20(24,25)18-30-16(31-35(18)14-8-29-7-6-13(14)23)10-34-19(37)33(9-15(36)21(26,27)28)17(32-34)11-2-4-12(22)5-3-11/h2-8,15,36H,9-10H2,1H3. The molecule has 0 aliphatic heterocycles. The van der Waals surface area contributed by atoms with Crippen LogP contribution in [-0.2, 0) is 19.0 Å². The van der Waals surface area contributed by atoms with Crippen molar-refractivity contribution in [2.45, 2.75) is 38.2 Å². The third-order valence-corrected chi connectivity index (χ3v) is 5.64. The zero-order valence-corrected chi connectivity index (χ0v) is 20.2. The van der Waals surface area contributed by atoms with Crippen molar-refractivity contribution in [3.8, 4) is 17.1 Å². The van der Waals surface area contributed by atoms with Gasteiger partial charge in [0, 0.05) is 23.7 Å². The Labute approximate surface area is 214 Å². The van der Waals surface area contributed by atoms with Gasteiger partial charge in [-0.3, -0.25) is 9.55 Å². The van der Waals surface area contributed by atoms with Crippen molar-refractivity contribution in [3.63, 3.8) is 0 Å². The van der Waals surface area contributed by atoms with Crippen molar-refractivity contribution in [1.82, 2.24) is 34.1 Å². The molecule has 37 heavy (non-hydrogen) atoms. The molecule has 0 fully saturated rings. The SMILES string of the molecule is CC(F)(F)c1nc(Cn2nc(-c3ccc(Cl)cc3)n(CC(O)C(F)(F)F)c2=O)nn1-c1cnccc1Cl. The van der Waals surface area contributed by atoms with Gasteiger partial charge in [-0.1, -0.05) is 23.2 Å². The van der Waals surface area contributed by atoms with Gasteiger partial charge in [0.2, 0.25) is 5.82 Å². The Kier molecular flexibility index (Phi) is 7.10. The molecule has 1 N–H and O–H groups in total. The van der Waals surface area contributed by atoms with E-state index in [1.54, 1.807) is 0 Å². The van der Waals surface area contributed by atoms with Gasteiger partial charge in [0.05, 0.1) is 17.8 Å². The summed E-state index contributed by atoms with van der Waals surface area (Å²) in [6.07, 6.45) is -5.35. The quantitative estimate of drug-likeness (QED) is 0.340. The number of pyridine rings is 1. The summed E-state index contributed by atoms with van der Waals surface area (Å²) in [6.45, 7) is -1.16. The van der Waals surface area contributed by atoms with E-state index in [0.29, 0.717) is 21.2 Å². The Hall–Kier alpha value is -3.36. The normalized spacial score (nSPS) is 13.2. The van der Waals surface area contributed by atoms with E-state index in [0.717, 1.165) is 4.68 Å². The lowest BCUT2D eigenvalue weighted by atomic mass is 10.2. The molecule has 0 saturated carbocycles. The number of aromatic nitrogens is 7. The zero-order chi connectivity index (χ0) is 27.1. The highest BCUT2D eigenvalue weighted by Gasteiger charge is 2.39. The average molecular weight is 564 g/mol. The van der Waals surface area contributed by atoms with E-state index in [2.05, 4.69) is 20.2 Å². The molecule has 1 atom stereocenters. The van der Waals surface area contributed by atoms with Gasteiger partial charge in [0.15, 0.2) is 17.8 Å². The molecule has 0 spiro atoms. The van der Waals surface area contributed by atoms with Crippen molar-refractivity contribution in [3.05, 3.63) is 74.9 Å². The first-order chi connectivity index (χ1) is 17.3. The van der Waals surface area contributed by atoms with Gasteiger partial charge in [0.1, 0.15) is 12.2 Å². The number of hydrogen-bond donors (Lipinski definition) is 1. The van der Waals surface area contributed by atoms with Crippen LogP contribution in [0.5, 0.6) is 0 Å². The Balaban J connectivity index is 1.80. The lowest BCUT2D eigenvalue weighted by Gasteiger charge is -2.15. The molecule has 1 unspecified atom stereocenters. The van der Waals surface area contributed by atoms with Crippen LogP contribution >= 0.6 is 23.2 Å². The number of aliphatic hydroxyl groups excluding tert-OH is 1. The molecule has 3 heterocycles. The number of halogens is 7. The van der Waals surface area contributed by atoms with E-state index in [4.69, 9.17) is 23.2 Å². The topological polar surface area (TPSA) is 104 Å². The molecule has 4 rings (SSSR count). The van der Waals surface area contributed by atoms with Crippen LogP contribution in [0.3, 0.4) is 0 Å². The molecule has 0 bridgehead atoms. The van der Waals surface area contributed by atoms with Crippen LogP contribution in [-0.4, -0.2) is 51.5 Å². The lowest BCUT2D eigenvalue weighted by Crippen LogP contribution is -2.37. The first kappa shape index (κ1) is 26.7. The minimum atomic E-state index is -5.01. The number of rotatable bonds is 7. The monoisotopic (exact) mass is 563 g/mol. The Morgan fingerprint density at radius 2 is 1.73 bits per heavy atom. The molecule has 9 nitrogen and oxygen atoms in total. The van der Waals surface area contributed by atoms with Crippen molar-refractivity contribution in [1.29, 1.82) is 0 Å². The van der Waals surface area contributed by atoms with Crippen LogP contribution in [0, 0.1) is 0 Å². The summed E-state index contributed by atoms with van der Waals surface area (Å²) in [7, 11) is 0. The number of benzene rings is 1. The van der Waals surface area contributed by atoms with Gasteiger partial charge in [-0.15, -0.1) is 10.2 Å². The molecule has 0 radical (unpaired) electrons. The Bertz CT molecular complexity index is 1480. The summed E-state index contributed by atoms with van der Waals surface area (Å²) in [4.78, 5) is 20.7. The third-order valence-electron chi connectivity index (χ3n) is 5.07. The number of hydrogen-bond acceptors (Lipinski definition) is 6. The highest BCUT2D eigenvalue weighted by Crippen LogP contribution is 2.30. The zero-order valence-electron chi connectivity index (χ0n) is 18.7. The minimum Gasteiger partial charge on any atom is -0.382 e. The fourth-order valence-electron chi connectivity index (χ4n) is 3.33. The van der Waals surface area contributed by atoms with E-state index < -0.39 is 42.8 Å². The molecule has 0 saturated heterocycles. The van der Waals surface area contributed by atoms with Gasteiger partial charge in [-0.05, 0) is 30.3 Å². The summed E-state index contributed by atoms with van der Waals surface area (Å²) in [5, 5.41) is 18.0. The number of alkyl halides is 5. The second kappa shape index (κ2) is 9.84. The third kappa shape index (κ3) is 5.65. The number of aliphatic hydroxyl groups is 1. The average Bonchev–Trinajstić information content (AvgIpc) is 3.36. The predicted octanol–water partition coefficient (Wildman–Crippen LogP) is 4.08. The predicted molar refractivity (Wildman–Crippen MR) is 122 cm³/mol. The fourth-order valence-corrected chi connectivity index (χ4v) is 3.64. The summed E-state index contributed by atoms with van der Waals surface area (Å²) < 4.78 is 69.8. The molecule has 1 aromatic carbocycles. The number of nitrogens with zero attached hydrogens (tertiary/aromatic N) is 7. The summed E-state index contributed by atoms with van der Waals surface area (Å²) in [6, 6.07) is 7.05. The largest absolute Gasteiger partial charge is 0.416 e. The Morgan fingerprint density at radius 1 is 1.05 bits per heavy atom. The van der Waals surface area contributed by atoms with Crippen LogP contribution in [0.25, 0.3) is 17.1 Å². The maximum absolute atomic E-state index is 14.3. The molecule has 3 aromatic heterocycles. The second-order valence-corrected chi connectivity index (χ2v) is 8.76. The molecule has 4 aromatic rings. The summed E-state index contributed by atoms with van der Waals surface area (Å²) in [5.74, 6) is -4.82. The Morgan fingerprint density at radius 3 is 2.32 bits per heavy atom. The van der Waals surface area contributed by atoms with E-state index in [-0.39, 0.29) is 27.9 Å². The first-order valence-corrected chi connectivity index (χ1v) is 11.1. The minimum absolute atomic E-state index is 0.00697. The molecule has 196 valence electrons. The molecule has 0 aliphatic rings. The highest BCUT2D eigenvalue weighted by molar-refractivity contribution is 6.32.